The molecular formula is C16H21N3O3S2. The van der Waals surface area contributed by atoms with Crippen LogP contribution < -0.4 is 10.7 Å². The van der Waals surface area contributed by atoms with E-state index >= 15 is 0 Å². The Morgan fingerprint density at radius 3 is 3.21 bits per heavy atom. The van der Waals surface area contributed by atoms with Crippen LogP contribution in [0.5, 0.6) is 0 Å². The van der Waals surface area contributed by atoms with Gasteiger partial charge in [0.15, 0.2) is 5.79 Å². The summed E-state index contributed by atoms with van der Waals surface area (Å²) in [6.07, 6.45) is 6.33. The maximum absolute atomic E-state index is 10.1. The molecule has 2 aliphatic heterocycles. The maximum atomic E-state index is 10.1. The molecule has 0 radical (unpaired) electrons. The van der Waals surface area contributed by atoms with E-state index in [4.69, 9.17) is 4.74 Å². The number of hydrogen-bond acceptors (Lipinski definition) is 8. The largest absolute Gasteiger partial charge is 0.377 e. The molecule has 3 heterocycles. The molecule has 0 amide bonds. The summed E-state index contributed by atoms with van der Waals surface area (Å²) in [5, 5.41) is 29.5. The van der Waals surface area contributed by atoms with Crippen LogP contribution in [0.15, 0.2) is 16.6 Å². The summed E-state index contributed by atoms with van der Waals surface area (Å²) in [5.41, 5.74) is 6.28. The van der Waals surface area contributed by atoms with Gasteiger partial charge in [0.25, 0.3) is 0 Å². The van der Waals surface area contributed by atoms with Crippen molar-refractivity contribution < 1.29 is 14.9 Å². The van der Waals surface area contributed by atoms with E-state index in [1.165, 1.54) is 27.8 Å². The van der Waals surface area contributed by atoms with E-state index in [1.54, 1.807) is 11.3 Å². The molecule has 0 bridgehead atoms. The van der Waals surface area contributed by atoms with Crippen LogP contribution in [0.1, 0.15) is 35.8 Å². The highest BCUT2D eigenvalue weighted by Crippen LogP contribution is 2.37. The van der Waals surface area contributed by atoms with Gasteiger partial charge in [0.1, 0.15) is 18.3 Å². The van der Waals surface area contributed by atoms with E-state index in [2.05, 4.69) is 33.4 Å². The zero-order valence-corrected chi connectivity index (χ0v) is 15.0. The predicted molar refractivity (Wildman–Crippen MR) is 96.8 cm³/mol. The van der Waals surface area contributed by atoms with Gasteiger partial charge in [-0.15, -0.1) is 23.1 Å². The minimum atomic E-state index is -1.05. The number of allylic oxidation sites excluding steroid dienone is 1. The second-order valence-corrected chi connectivity index (χ2v) is 8.67. The highest BCUT2D eigenvalue weighted by molar-refractivity contribution is 8.00. The molecule has 0 aromatic carbocycles. The molecule has 1 aliphatic carbocycles. The lowest BCUT2D eigenvalue weighted by Gasteiger charge is -2.13. The van der Waals surface area contributed by atoms with Crippen LogP contribution in [-0.2, 0) is 11.2 Å². The van der Waals surface area contributed by atoms with Crippen LogP contribution in [0.4, 0.5) is 0 Å². The number of rotatable bonds is 5. The monoisotopic (exact) mass is 367 g/mol. The Labute approximate surface area is 149 Å². The molecule has 4 unspecified atom stereocenters. The van der Waals surface area contributed by atoms with Gasteiger partial charge >= 0.3 is 0 Å². The second kappa shape index (κ2) is 6.44. The van der Waals surface area contributed by atoms with Gasteiger partial charge in [-0.3, -0.25) is 10.7 Å². The molecule has 2 saturated heterocycles. The van der Waals surface area contributed by atoms with Crippen molar-refractivity contribution in [1.82, 2.24) is 10.7 Å². The van der Waals surface area contributed by atoms with Crippen LogP contribution >= 0.6 is 23.1 Å². The standard InChI is InChI=1S/C16H21N3O3S2/c1-9(11-7-23-12-5-3-2-4-10(11)12)18-19-15-17-14(20)13(24-15)6-16(21)8-22-16/h2,4,7,13-15,17,19-21H,3,5-6,8H2,1H3/b18-9+. The normalized spacial score (nSPS) is 35.1. The summed E-state index contributed by atoms with van der Waals surface area (Å²) >= 11 is 3.31. The van der Waals surface area contributed by atoms with Crippen molar-refractivity contribution in [1.29, 1.82) is 0 Å². The summed E-state index contributed by atoms with van der Waals surface area (Å²) in [7, 11) is 0. The zero-order valence-electron chi connectivity index (χ0n) is 13.4. The first kappa shape index (κ1) is 16.6. The van der Waals surface area contributed by atoms with Crippen molar-refractivity contribution in [2.24, 2.45) is 5.10 Å². The summed E-state index contributed by atoms with van der Waals surface area (Å²) in [4.78, 5) is 1.42. The van der Waals surface area contributed by atoms with Crippen molar-refractivity contribution in [3.05, 3.63) is 27.5 Å². The zero-order chi connectivity index (χ0) is 16.7. The Morgan fingerprint density at radius 1 is 1.58 bits per heavy atom. The average molecular weight is 367 g/mol. The van der Waals surface area contributed by atoms with E-state index in [9.17, 15) is 10.2 Å². The van der Waals surface area contributed by atoms with E-state index in [1.807, 2.05) is 6.92 Å². The van der Waals surface area contributed by atoms with Crippen molar-refractivity contribution in [2.75, 3.05) is 6.61 Å². The number of aryl methyl sites for hydroxylation is 1. The minimum absolute atomic E-state index is 0.123. The average Bonchev–Trinajstić information content (AvgIpc) is 3.00. The number of thiophene rings is 1. The maximum Gasteiger partial charge on any atom is 0.190 e. The Morgan fingerprint density at radius 2 is 2.42 bits per heavy atom. The highest BCUT2D eigenvalue weighted by Gasteiger charge is 2.48. The van der Waals surface area contributed by atoms with Crippen molar-refractivity contribution in [3.63, 3.8) is 0 Å². The van der Waals surface area contributed by atoms with Gasteiger partial charge in [0.05, 0.1) is 11.0 Å². The summed E-state index contributed by atoms with van der Waals surface area (Å²) < 4.78 is 4.99. The third-order valence-corrected chi connectivity index (χ3v) is 6.80. The van der Waals surface area contributed by atoms with Gasteiger partial charge in [0.2, 0.25) is 0 Å². The Bertz CT molecular complexity index is 684. The number of hydrogen-bond donors (Lipinski definition) is 4. The van der Waals surface area contributed by atoms with Crippen LogP contribution in [0.2, 0.25) is 0 Å². The molecule has 2 fully saturated rings. The fraction of sp³-hybridized carbons (Fsp3) is 0.562. The number of aliphatic hydroxyl groups is 2. The SMILES string of the molecule is C/C(=N\NC1NC(O)C(CC2(O)CO2)S1)c1csc2c1C=CCC2. The number of fused-ring (bicyclic) bond motifs is 1. The quantitative estimate of drug-likeness (QED) is 0.358. The minimum Gasteiger partial charge on any atom is -0.377 e. The second-order valence-electron chi connectivity index (χ2n) is 6.36. The Hall–Kier alpha value is -0.900. The number of hydrazone groups is 1. The van der Waals surface area contributed by atoms with Crippen LogP contribution in [-0.4, -0.2) is 45.3 Å². The molecule has 0 spiro atoms. The van der Waals surface area contributed by atoms with Crippen molar-refractivity contribution in [3.8, 4) is 0 Å². The smallest absolute Gasteiger partial charge is 0.190 e. The van der Waals surface area contributed by atoms with Gasteiger partial charge in [-0.2, -0.15) is 5.10 Å². The van der Waals surface area contributed by atoms with Gasteiger partial charge in [-0.25, -0.2) is 0 Å². The molecule has 24 heavy (non-hydrogen) atoms. The molecule has 4 rings (SSSR count). The molecule has 3 aliphatic rings. The number of thioether (sulfide) groups is 1. The van der Waals surface area contributed by atoms with E-state index < -0.39 is 12.0 Å². The molecule has 130 valence electrons. The fourth-order valence-corrected chi connectivity index (χ4v) is 5.35. The molecule has 0 saturated carbocycles. The number of epoxide rings is 1. The van der Waals surface area contributed by atoms with Crippen molar-refractivity contribution in [2.45, 2.75) is 48.9 Å². The molecule has 4 atom stereocenters. The van der Waals surface area contributed by atoms with E-state index in [-0.39, 0.29) is 10.7 Å². The highest BCUT2D eigenvalue weighted by atomic mass is 32.2. The first-order valence-corrected chi connectivity index (χ1v) is 9.89. The first-order chi connectivity index (χ1) is 11.5. The van der Waals surface area contributed by atoms with Gasteiger partial charge in [-0.05, 0) is 25.3 Å². The van der Waals surface area contributed by atoms with Crippen LogP contribution in [0.3, 0.4) is 0 Å². The van der Waals surface area contributed by atoms with E-state index in [0.717, 1.165) is 18.6 Å². The van der Waals surface area contributed by atoms with Crippen LogP contribution in [0, 0.1) is 0 Å². The van der Waals surface area contributed by atoms with Crippen LogP contribution in [0.25, 0.3) is 6.08 Å². The van der Waals surface area contributed by atoms with Gasteiger partial charge in [-0.1, -0.05) is 12.2 Å². The lowest BCUT2D eigenvalue weighted by Crippen LogP contribution is -2.39. The van der Waals surface area contributed by atoms with Gasteiger partial charge < -0.3 is 14.9 Å². The number of nitrogens with one attached hydrogen (secondary N) is 2. The third kappa shape index (κ3) is 3.40. The number of nitrogens with zero attached hydrogens (tertiary/aromatic N) is 1. The number of aliphatic hydroxyl groups excluding tert-OH is 1. The Balaban J connectivity index is 1.38. The van der Waals surface area contributed by atoms with E-state index in [0.29, 0.717) is 13.0 Å². The first-order valence-electron chi connectivity index (χ1n) is 8.07. The molecule has 1 aromatic heterocycles. The summed E-state index contributed by atoms with van der Waals surface area (Å²) in [6, 6.07) is 0. The molecule has 4 N–H and O–H groups in total. The predicted octanol–water partition coefficient (Wildman–Crippen LogP) is 1.44. The lowest BCUT2D eigenvalue weighted by atomic mass is 10.0. The Kier molecular flexibility index (Phi) is 4.44. The lowest BCUT2D eigenvalue weighted by molar-refractivity contribution is 0.0150. The third-order valence-electron chi connectivity index (χ3n) is 4.45. The fourth-order valence-electron chi connectivity index (χ4n) is 2.99. The van der Waals surface area contributed by atoms with Gasteiger partial charge in [0, 0.05) is 22.2 Å². The summed E-state index contributed by atoms with van der Waals surface area (Å²) in [5.74, 6) is -1.05. The molecule has 6 nitrogen and oxygen atoms in total. The molecule has 8 heteroatoms. The topological polar surface area (TPSA) is 89.4 Å². The van der Waals surface area contributed by atoms with Crippen molar-refractivity contribution >= 4 is 34.9 Å². The molecular weight excluding hydrogens is 346 g/mol. The number of ether oxygens (including phenoxy) is 1. The summed E-state index contributed by atoms with van der Waals surface area (Å²) in [6.45, 7) is 2.34. The molecule has 1 aromatic rings.